The van der Waals surface area contributed by atoms with E-state index in [-0.39, 0.29) is 10.3 Å². The lowest BCUT2D eigenvalue weighted by Crippen LogP contribution is -2.38. The molecule has 8 heteroatoms. The van der Waals surface area contributed by atoms with Gasteiger partial charge in [0, 0.05) is 23.4 Å². The maximum absolute atomic E-state index is 12.0. The molecule has 0 aliphatic carbocycles. The number of aromatic nitrogens is 2. The van der Waals surface area contributed by atoms with Crippen LogP contribution in [0.3, 0.4) is 0 Å². The van der Waals surface area contributed by atoms with E-state index >= 15 is 0 Å². The molecule has 0 radical (unpaired) electrons. The lowest BCUT2D eigenvalue weighted by Gasteiger charge is -2.33. The monoisotopic (exact) mass is 414 g/mol. The standard InChI is InChI=1S/C21H26N4O3S/c1-21(8-11-23-12-9-21)14-28-18-7-10-24-20-19(18)17(13-25-20)15-3-5-16(6-4-15)29(26,27)22-2/h3-7,10,13,22-23H,8-9,11-12,14H2,1-2H3,(H,24,25). The number of nitrogens with one attached hydrogen (secondary N) is 3. The van der Waals surface area contributed by atoms with E-state index in [0.717, 1.165) is 53.8 Å². The Kier molecular flexibility index (Phi) is 5.33. The van der Waals surface area contributed by atoms with Gasteiger partial charge in [0.2, 0.25) is 10.0 Å². The second-order valence-electron chi connectivity index (χ2n) is 7.82. The number of hydrogen-bond acceptors (Lipinski definition) is 5. The summed E-state index contributed by atoms with van der Waals surface area (Å²) in [5.74, 6) is 0.790. The fraction of sp³-hybridized carbons (Fsp3) is 0.381. The quantitative estimate of drug-likeness (QED) is 0.576. The Morgan fingerprint density at radius 1 is 1.17 bits per heavy atom. The van der Waals surface area contributed by atoms with Crippen LogP contribution in [-0.2, 0) is 10.0 Å². The Bertz CT molecular complexity index is 1100. The summed E-state index contributed by atoms with van der Waals surface area (Å²) in [5, 5.41) is 4.31. The molecule has 3 heterocycles. The minimum Gasteiger partial charge on any atom is -0.492 e. The summed E-state index contributed by atoms with van der Waals surface area (Å²) in [6.07, 6.45) is 5.80. The van der Waals surface area contributed by atoms with Crippen molar-refractivity contribution >= 4 is 21.1 Å². The minimum absolute atomic E-state index is 0.153. The Morgan fingerprint density at radius 3 is 2.59 bits per heavy atom. The average molecular weight is 415 g/mol. The van der Waals surface area contributed by atoms with Gasteiger partial charge in [-0.1, -0.05) is 19.1 Å². The average Bonchev–Trinajstić information content (AvgIpc) is 3.18. The number of piperidine rings is 1. The summed E-state index contributed by atoms with van der Waals surface area (Å²) in [4.78, 5) is 7.85. The number of nitrogens with zero attached hydrogens (tertiary/aromatic N) is 1. The molecule has 0 spiro atoms. The van der Waals surface area contributed by atoms with Crippen molar-refractivity contribution in [2.75, 3.05) is 26.7 Å². The molecule has 1 aromatic carbocycles. The van der Waals surface area contributed by atoms with Gasteiger partial charge in [0.05, 0.1) is 16.9 Å². The van der Waals surface area contributed by atoms with Crippen LogP contribution in [-0.4, -0.2) is 45.1 Å². The van der Waals surface area contributed by atoms with Crippen LogP contribution in [0.2, 0.25) is 0 Å². The molecule has 4 rings (SSSR count). The highest BCUT2D eigenvalue weighted by molar-refractivity contribution is 7.89. The topological polar surface area (TPSA) is 96.1 Å². The van der Waals surface area contributed by atoms with Crippen LogP contribution in [0.15, 0.2) is 47.6 Å². The van der Waals surface area contributed by atoms with Crippen molar-refractivity contribution in [3.8, 4) is 16.9 Å². The van der Waals surface area contributed by atoms with Gasteiger partial charge in [-0.2, -0.15) is 0 Å². The molecule has 3 N–H and O–H groups in total. The molecule has 1 aliphatic heterocycles. The molecule has 0 saturated carbocycles. The van der Waals surface area contributed by atoms with Crippen LogP contribution in [0.25, 0.3) is 22.2 Å². The molecule has 7 nitrogen and oxygen atoms in total. The minimum atomic E-state index is -3.46. The number of aromatic amines is 1. The van der Waals surface area contributed by atoms with Crippen LogP contribution in [0.5, 0.6) is 5.75 Å². The Hall–Kier alpha value is -2.42. The molecule has 3 aromatic rings. The first-order valence-electron chi connectivity index (χ1n) is 9.75. The van der Waals surface area contributed by atoms with E-state index in [2.05, 4.69) is 26.9 Å². The van der Waals surface area contributed by atoms with Crippen molar-refractivity contribution in [2.24, 2.45) is 5.41 Å². The lowest BCUT2D eigenvalue weighted by molar-refractivity contribution is 0.124. The molecule has 1 aliphatic rings. The van der Waals surface area contributed by atoms with Crippen molar-refractivity contribution in [1.29, 1.82) is 0 Å². The van der Waals surface area contributed by atoms with Crippen LogP contribution in [0.1, 0.15) is 19.8 Å². The number of sulfonamides is 1. The van der Waals surface area contributed by atoms with E-state index in [0.29, 0.717) is 6.61 Å². The first-order valence-corrected chi connectivity index (χ1v) is 11.2. The van der Waals surface area contributed by atoms with E-state index in [1.807, 2.05) is 12.3 Å². The van der Waals surface area contributed by atoms with Gasteiger partial charge >= 0.3 is 0 Å². The van der Waals surface area contributed by atoms with E-state index in [1.54, 1.807) is 30.5 Å². The SMILES string of the molecule is CNS(=O)(=O)c1ccc(-c2c[nH]c3nccc(OCC4(C)CCNCC4)c23)cc1. The summed E-state index contributed by atoms with van der Waals surface area (Å²) >= 11 is 0. The van der Waals surface area contributed by atoms with Gasteiger partial charge < -0.3 is 15.0 Å². The van der Waals surface area contributed by atoms with E-state index in [9.17, 15) is 8.42 Å². The molecule has 0 amide bonds. The number of rotatable bonds is 6. The van der Waals surface area contributed by atoms with E-state index in [1.165, 1.54) is 7.05 Å². The fourth-order valence-electron chi connectivity index (χ4n) is 3.73. The molecule has 2 aromatic heterocycles. The largest absolute Gasteiger partial charge is 0.492 e. The summed E-state index contributed by atoms with van der Waals surface area (Å²) in [6.45, 7) is 4.95. The summed E-state index contributed by atoms with van der Waals surface area (Å²) in [5.41, 5.74) is 2.74. The highest BCUT2D eigenvalue weighted by atomic mass is 32.2. The molecule has 0 atom stereocenters. The molecule has 29 heavy (non-hydrogen) atoms. The predicted octanol–water partition coefficient (Wildman–Crippen LogP) is 2.91. The third kappa shape index (κ3) is 4.01. The lowest BCUT2D eigenvalue weighted by atomic mass is 9.82. The Balaban J connectivity index is 1.66. The zero-order valence-corrected chi connectivity index (χ0v) is 17.5. The summed E-state index contributed by atoms with van der Waals surface area (Å²) < 4.78 is 32.6. The van der Waals surface area contributed by atoms with Gasteiger partial charge in [-0.05, 0) is 56.7 Å². The van der Waals surface area contributed by atoms with Crippen molar-refractivity contribution in [3.63, 3.8) is 0 Å². The van der Waals surface area contributed by atoms with Crippen molar-refractivity contribution in [1.82, 2.24) is 20.0 Å². The molecule has 1 fully saturated rings. The van der Waals surface area contributed by atoms with E-state index in [4.69, 9.17) is 4.74 Å². The first-order chi connectivity index (χ1) is 13.9. The van der Waals surface area contributed by atoms with Crippen LogP contribution < -0.4 is 14.8 Å². The van der Waals surface area contributed by atoms with Gasteiger partial charge in [0.25, 0.3) is 0 Å². The van der Waals surface area contributed by atoms with Crippen LogP contribution in [0, 0.1) is 5.41 Å². The smallest absolute Gasteiger partial charge is 0.240 e. The molecule has 154 valence electrons. The number of benzene rings is 1. The Morgan fingerprint density at radius 2 is 1.90 bits per heavy atom. The zero-order valence-electron chi connectivity index (χ0n) is 16.7. The highest BCUT2D eigenvalue weighted by Gasteiger charge is 2.28. The number of hydrogen-bond donors (Lipinski definition) is 3. The second kappa shape index (κ2) is 7.78. The molecular formula is C21H26N4O3S. The number of fused-ring (bicyclic) bond motifs is 1. The molecule has 0 unspecified atom stereocenters. The molecule has 1 saturated heterocycles. The fourth-order valence-corrected chi connectivity index (χ4v) is 4.46. The van der Waals surface area contributed by atoms with Gasteiger partial charge in [0.1, 0.15) is 11.4 Å². The van der Waals surface area contributed by atoms with E-state index < -0.39 is 10.0 Å². The number of ether oxygens (including phenoxy) is 1. The predicted molar refractivity (Wildman–Crippen MR) is 113 cm³/mol. The normalized spacial score (nSPS) is 16.8. The Labute approximate surface area is 170 Å². The zero-order chi connectivity index (χ0) is 20.5. The van der Waals surface area contributed by atoms with Gasteiger partial charge in [-0.15, -0.1) is 0 Å². The van der Waals surface area contributed by atoms with Crippen LogP contribution >= 0.6 is 0 Å². The maximum Gasteiger partial charge on any atom is 0.240 e. The van der Waals surface area contributed by atoms with Crippen molar-refractivity contribution in [3.05, 3.63) is 42.7 Å². The summed E-state index contributed by atoms with van der Waals surface area (Å²) in [6, 6.07) is 8.71. The van der Waals surface area contributed by atoms with Gasteiger partial charge in [0.15, 0.2) is 0 Å². The third-order valence-corrected chi connectivity index (χ3v) is 7.10. The second-order valence-corrected chi connectivity index (χ2v) is 9.70. The first kappa shape index (κ1) is 19.9. The molecular weight excluding hydrogens is 388 g/mol. The third-order valence-electron chi connectivity index (χ3n) is 5.67. The number of H-pyrrole nitrogens is 1. The van der Waals surface area contributed by atoms with Gasteiger partial charge in [-0.3, -0.25) is 0 Å². The highest BCUT2D eigenvalue weighted by Crippen LogP contribution is 2.36. The van der Waals surface area contributed by atoms with Gasteiger partial charge in [-0.25, -0.2) is 18.1 Å². The number of pyridine rings is 1. The molecule has 0 bridgehead atoms. The van der Waals surface area contributed by atoms with Crippen molar-refractivity contribution in [2.45, 2.75) is 24.7 Å². The maximum atomic E-state index is 12.0. The summed E-state index contributed by atoms with van der Waals surface area (Å²) in [7, 11) is -2.06. The van der Waals surface area contributed by atoms with Crippen LogP contribution in [0.4, 0.5) is 0 Å². The van der Waals surface area contributed by atoms with Crippen molar-refractivity contribution < 1.29 is 13.2 Å².